The molecule has 0 aromatic carbocycles. The van der Waals surface area contributed by atoms with E-state index in [4.69, 9.17) is 55.6 Å². The highest BCUT2D eigenvalue weighted by atomic mass is 31.2. The van der Waals surface area contributed by atoms with Crippen molar-refractivity contribution in [3.8, 4) is 0 Å². The molecular weight excluding hydrogens is 1290 g/mol. The van der Waals surface area contributed by atoms with Crippen LogP contribution in [0.2, 0.25) is 0 Å². The van der Waals surface area contributed by atoms with Gasteiger partial charge in [0.15, 0.2) is 18.9 Å². The number of likely N-dealkylation sites (tertiary alicyclic amines) is 3. The summed E-state index contributed by atoms with van der Waals surface area (Å²) in [5.41, 5.74) is -1.11. The number of amides is 3. The van der Waals surface area contributed by atoms with Gasteiger partial charge in [-0.2, -0.15) is 0 Å². The van der Waals surface area contributed by atoms with Gasteiger partial charge in [0.25, 0.3) is 0 Å². The average molecular weight is 1390 g/mol. The van der Waals surface area contributed by atoms with Gasteiger partial charge in [0, 0.05) is 76.5 Å². The molecule has 6 saturated heterocycles. The van der Waals surface area contributed by atoms with E-state index in [9.17, 15) is 88.7 Å². The van der Waals surface area contributed by atoms with E-state index in [0.29, 0.717) is 32.2 Å². The van der Waals surface area contributed by atoms with Gasteiger partial charge < -0.3 is 104 Å². The monoisotopic (exact) mass is 1390 g/mol. The van der Waals surface area contributed by atoms with Crippen molar-refractivity contribution in [2.45, 2.75) is 235 Å². The zero-order chi connectivity index (χ0) is 68.0. The van der Waals surface area contributed by atoms with E-state index in [1.165, 1.54) is 30.6 Å². The molecule has 6 aliphatic heterocycles. The Hall–Kier alpha value is -1.86. The number of ether oxygens (including phenoxy) is 6. The van der Waals surface area contributed by atoms with Crippen molar-refractivity contribution in [3.63, 3.8) is 0 Å². The van der Waals surface area contributed by atoms with Crippen LogP contribution in [-0.2, 0) is 83.6 Å². The van der Waals surface area contributed by atoms with Crippen LogP contribution in [0.15, 0.2) is 0 Å². The van der Waals surface area contributed by atoms with Crippen LogP contribution < -0.4 is 0 Å². The lowest BCUT2D eigenvalue weighted by Gasteiger charge is -2.40. The molecule has 33 nitrogen and oxygen atoms in total. The quantitative estimate of drug-likeness (QED) is 0.0297. The minimum atomic E-state index is -5.11. The van der Waals surface area contributed by atoms with Crippen LogP contribution in [0.1, 0.15) is 126 Å². The third kappa shape index (κ3) is 23.1. The first kappa shape index (κ1) is 79.1. The molecule has 36 heteroatoms. The first-order valence-corrected chi connectivity index (χ1v) is 36.3. The Bertz CT molecular complexity index is 2450. The van der Waals surface area contributed by atoms with E-state index in [-0.39, 0.29) is 103 Å². The van der Waals surface area contributed by atoms with Gasteiger partial charge in [-0.25, -0.2) is 13.7 Å². The first-order chi connectivity index (χ1) is 43.2. The first-order valence-electron chi connectivity index (χ1n) is 31.8. The second-order valence-corrected chi connectivity index (χ2v) is 30.2. The van der Waals surface area contributed by atoms with E-state index in [1.54, 1.807) is 25.7 Å². The molecule has 0 radical (unpaired) electrons. The highest BCUT2D eigenvalue weighted by Gasteiger charge is 2.48. The maximum Gasteiger partial charge on any atom is 0.472 e. The number of aliphatic hydroxyl groups excluding tert-OH is 9. The zero-order valence-electron chi connectivity index (χ0n) is 53.5. The normalized spacial score (nSPS) is 36.7. The number of rotatable bonds is 35. The molecule has 6 heterocycles. The van der Waals surface area contributed by atoms with E-state index < -0.39 is 196 Å². The van der Waals surface area contributed by atoms with Gasteiger partial charge >= 0.3 is 23.5 Å². The van der Waals surface area contributed by atoms with Gasteiger partial charge in [0.1, 0.15) is 36.6 Å². The van der Waals surface area contributed by atoms with Crippen molar-refractivity contribution in [2.75, 3.05) is 79.1 Å². The minimum Gasteiger partial charge on any atom is -0.394 e. The Labute approximate surface area is 536 Å². The molecule has 0 saturated carbocycles. The van der Waals surface area contributed by atoms with E-state index in [2.05, 4.69) is 0 Å². The van der Waals surface area contributed by atoms with Crippen molar-refractivity contribution in [3.05, 3.63) is 0 Å². The van der Waals surface area contributed by atoms with Gasteiger partial charge in [0.05, 0.1) is 93.9 Å². The number of carbonyl (C=O) groups excluding carboxylic acids is 3. The summed E-state index contributed by atoms with van der Waals surface area (Å²) in [7, 11) is -14.8. The molecule has 92 heavy (non-hydrogen) atoms. The van der Waals surface area contributed by atoms with Gasteiger partial charge in [-0.05, 0) is 84.5 Å². The molecule has 6 rings (SSSR count). The number of phosphoric acid groups is 3. The second-order valence-electron chi connectivity index (χ2n) is 26.0. The summed E-state index contributed by atoms with van der Waals surface area (Å²) >= 11 is 0. The highest BCUT2D eigenvalue weighted by Crippen LogP contribution is 2.51. The molecule has 0 bridgehead atoms. The predicted octanol–water partition coefficient (Wildman–Crippen LogP) is 0.148. The summed E-state index contributed by atoms with van der Waals surface area (Å²) in [5, 5.41) is 90.5. The summed E-state index contributed by atoms with van der Waals surface area (Å²) in [4.78, 5) is 78.4. The third-order valence-electron chi connectivity index (χ3n) is 17.3. The fraction of sp³-hybridized carbons (Fsp3) is 0.946. The molecule has 0 spiro atoms. The smallest absolute Gasteiger partial charge is 0.394 e. The van der Waals surface area contributed by atoms with Gasteiger partial charge in [-0.3, -0.25) is 41.5 Å². The average Bonchev–Trinajstić information content (AvgIpc) is 1.35. The van der Waals surface area contributed by atoms with E-state index in [1.807, 2.05) is 6.92 Å². The number of hydrogen-bond acceptors (Lipinski definition) is 27. The van der Waals surface area contributed by atoms with Crippen LogP contribution >= 0.6 is 23.5 Å². The lowest BCUT2D eigenvalue weighted by atomic mass is 9.92. The Morgan fingerprint density at radius 3 is 1.08 bits per heavy atom. The maximum atomic E-state index is 14.0. The molecule has 24 atom stereocenters. The standard InChI is InChI=1S/C56H102N3O30P3/c1-32-20-36(57(23-32)44(63)14-8-11-17-78-53-33(2)47(66)50(69)41(26-60)84-53)29-81-90(72,73)87-39-21-37(58(24-39)45(64)15-9-12-18-79-54-34(3)48(67)51(70)42(27-61)85-54)30-82-91(74,75)88-40-22-38(31-83-92(76,77)89-56(5,6)7)59(25-40)46(65)16-10-13-19-80-55-35(4)49(68)52(71)43(28-62)86-55/h32-43,47-55,60-62,66-71H,8-31H2,1-7H3,(H,72,73)(H,74,75)(H,76,77)/t32-,33?,34?,35?,36?,37+,38+,39-,40-,41?,42?,43?,47?,48?,49?,50?,51?,52?,53?,54?,55?/m1/s1. The maximum absolute atomic E-state index is 14.0. The van der Waals surface area contributed by atoms with Crippen molar-refractivity contribution < 1.29 is 144 Å². The van der Waals surface area contributed by atoms with Crippen LogP contribution in [0.25, 0.3) is 0 Å². The zero-order valence-corrected chi connectivity index (χ0v) is 56.2. The summed E-state index contributed by atoms with van der Waals surface area (Å²) in [6, 6.07) is -2.65. The van der Waals surface area contributed by atoms with Crippen molar-refractivity contribution in [1.29, 1.82) is 0 Å². The summed E-state index contributed by atoms with van der Waals surface area (Å²) < 4.78 is 108. The van der Waals surface area contributed by atoms with Crippen LogP contribution in [0.3, 0.4) is 0 Å². The topological polar surface area (TPSA) is 466 Å². The Morgan fingerprint density at radius 1 is 0.457 bits per heavy atom. The van der Waals surface area contributed by atoms with Gasteiger partial charge in [0.2, 0.25) is 17.7 Å². The number of carbonyl (C=O) groups is 3. The van der Waals surface area contributed by atoms with Crippen LogP contribution in [0, 0.1) is 23.7 Å². The predicted molar refractivity (Wildman–Crippen MR) is 318 cm³/mol. The van der Waals surface area contributed by atoms with Gasteiger partial charge in [-0.15, -0.1) is 0 Å². The molecular formula is C56H102N3O30P3. The number of nitrogens with zero attached hydrogens (tertiary/aromatic N) is 3. The fourth-order valence-corrected chi connectivity index (χ4v) is 15.2. The molecule has 19 unspecified atom stereocenters. The SMILES string of the molecule is CC1C(OCCCCC(=O)N2C[C@H](C)CC2COP(=O)(O)O[C@@H]2C[C@@H](COP(=O)(O)O[C@@H]3C[C@@H](COP(=O)(O)OC(C)(C)C)N(C(=O)CCCCOC4OC(CO)C(O)C(O)C4C)C3)N(C(=O)CCCCOC3OC(CO)C(O)C(O)C3C)C2)OC(CO)C(O)C1O. The number of aliphatic hydroxyl groups is 9. The van der Waals surface area contributed by atoms with E-state index >= 15 is 0 Å². The Balaban J connectivity index is 1.05. The molecule has 6 fully saturated rings. The van der Waals surface area contributed by atoms with Crippen molar-refractivity contribution in [1.82, 2.24) is 14.7 Å². The molecule has 536 valence electrons. The molecule has 6 aliphatic rings. The molecule has 0 aliphatic carbocycles. The lowest BCUT2D eigenvalue weighted by molar-refractivity contribution is -0.282. The van der Waals surface area contributed by atoms with Crippen molar-refractivity contribution in [2.24, 2.45) is 23.7 Å². The van der Waals surface area contributed by atoms with Gasteiger partial charge in [-0.1, -0.05) is 27.7 Å². The summed E-state index contributed by atoms with van der Waals surface area (Å²) in [6.45, 7) is 8.09. The Morgan fingerprint density at radius 2 is 0.761 bits per heavy atom. The molecule has 0 aromatic rings. The van der Waals surface area contributed by atoms with Crippen LogP contribution in [0.4, 0.5) is 0 Å². The number of hydrogen-bond donors (Lipinski definition) is 12. The fourth-order valence-electron chi connectivity index (χ4n) is 12.2. The summed E-state index contributed by atoms with van der Waals surface area (Å²) in [5.74, 6) is -3.12. The third-order valence-corrected chi connectivity index (χ3v) is 20.7. The van der Waals surface area contributed by atoms with E-state index in [0.717, 1.165) is 0 Å². The Kier molecular flexibility index (Phi) is 30.8. The van der Waals surface area contributed by atoms with Crippen LogP contribution in [-0.4, -0.2) is 282 Å². The number of phosphoric ester groups is 3. The largest absolute Gasteiger partial charge is 0.472 e. The lowest BCUT2D eigenvalue weighted by Crippen LogP contribution is -2.55. The molecule has 3 amide bonds. The van der Waals surface area contributed by atoms with Crippen molar-refractivity contribution >= 4 is 41.2 Å². The van der Waals surface area contributed by atoms with Crippen LogP contribution in [0.5, 0.6) is 0 Å². The highest BCUT2D eigenvalue weighted by molar-refractivity contribution is 7.48. The summed E-state index contributed by atoms with van der Waals surface area (Å²) in [6.07, 6.45) is -14.2. The second kappa shape index (κ2) is 35.8. The molecule has 12 N–H and O–H groups in total. The number of unbranched alkanes of at least 4 members (excludes halogenated alkanes) is 3. The minimum absolute atomic E-state index is 0.0113. The molecule has 0 aromatic heterocycles.